The van der Waals surface area contributed by atoms with Crippen molar-refractivity contribution in [3.05, 3.63) is 72.8 Å². The molecule has 93 heavy (non-hydrogen) atoms. The van der Waals surface area contributed by atoms with Gasteiger partial charge in [-0.25, -0.2) is 0 Å². The Hall–Kier alpha value is -6.08. The number of hydrogen-bond donors (Lipinski definition) is 9. The Morgan fingerprint density at radius 1 is 0.398 bits per heavy atom. The van der Waals surface area contributed by atoms with Crippen LogP contribution in [0.25, 0.3) is 0 Å². The van der Waals surface area contributed by atoms with Crippen molar-refractivity contribution in [1.82, 2.24) is 0 Å². The normalized spacial score (nSPS) is 15.8. The van der Waals surface area contributed by atoms with E-state index in [-0.39, 0.29) is 33.0 Å². The molecule has 0 aliphatic carbocycles. The molecule has 5 aliphatic rings. The van der Waals surface area contributed by atoms with Gasteiger partial charge in [0.1, 0.15) is 121 Å². The fraction of sp³-hybridized carbons (Fsp3) is 0.642. The highest BCUT2D eigenvalue weighted by Gasteiger charge is 2.28. The molecule has 0 bridgehead atoms. The number of aliphatic hydroxyl groups is 5. The largest absolute Gasteiger partial charge is 0.489 e. The first-order valence-electron chi connectivity index (χ1n) is 33.2. The van der Waals surface area contributed by atoms with Crippen LogP contribution in [0.3, 0.4) is 0 Å². The molecule has 4 aromatic carbocycles. The van der Waals surface area contributed by atoms with E-state index in [1.54, 1.807) is 0 Å². The van der Waals surface area contributed by atoms with E-state index in [0.29, 0.717) is 112 Å². The molecule has 0 atom stereocenters. The molecule has 4 aromatic rings. The smallest absolute Gasteiger partial charge is 0.144 e. The average Bonchev–Trinajstić information content (AvgIpc) is 0.929. The quantitative estimate of drug-likeness (QED) is 0.0181. The minimum Gasteiger partial charge on any atom is -0.489 e. The lowest BCUT2D eigenvalue weighted by Gasteiger charge is -2.37. The van der Waals surface area contributed by atoms with Crippen molar-refractivity contribution in [2.75, 3.05) is 328 Å². The number of morpholine rings is 1. The van der Waals surface area contributed by atoms with Crippen molar-refractivity contribution in [3.8, 4) is 23.0 Å². The summed E-state index contributed by atoms with van der Waals surface area (Å²) >= 11 is 0. The van der Waals surface area contributed by atoms with Crippen molar-refractivity contribution >= 4 is 45.5 Å². The summed E-state index contributed by atoms with van der Waals surface area (Å²) in [5, 5.41) is 46.2. The number of nitrogens with two attached hydrogens (primary N) is 4. The van der Waals surface area contributed by atoms with E-state index in [1.807, 2.05) is 79.8 Å². The summed E-state index contributed by atoms with van der Waals surface area (Å²) in [6, 6.07) is 23.1. The second kappa shape index (κ2) is 39.7. The second-order valence-corrected chi connectivity index (χ2v) is 25.8. The highest BCUT2D eigenvalue weighted by Crippen LogP contribution is 2.36. The van der Waals surface area contributed by atoms with Crippen LogP contribution in [0.2, 0.25) is 0 Å². The van der Waals surface area contributed by atoms with Crippen molar-refractivity contribution in [1.29, 1.82) is 0 Å². The minimum absolute atomic E-state index is 0.0215. The average molecular weight is 1310 g/mol. The molecule has 9 rings (SSSR count). The number of likely N-dealkylation sites (N-methyl/N-ethyl adjacent to an activating group) is 3. The molecule has 26 heteroatoms. The highest BCUT2D eigenvalue weighted by atomic mass is 16.5. The highest BCUT2D eigenvalue weighted by molar-refractivity contribution is 5.67. The molecule has 5 heterocycles. The van der Waals surface area contributed by atoms with Crippen molar-refractivity contribution in [3.63, 3.8) is 0 Å². The number of ether oxygens (including phenoxy) is 9. The van der Waals surface area contributed by atoms with Crippen LogP contribution in [-0.4, -0.2) is 329 Å². The van der Waals surface area contributed by atoms with Crippen molar-refractivity contribution < 1.29 is 86.1 Å². The number of fused-ring (bicyclic) bond motifs is 4. The third kappa shape index (κ3) is 26.2. The number of nitrogens with zero attached hydrogens (tertiary/aromatic N) is 8. The van der Waals surface area contributed by atoms with Gasteiger partial charge in [-0.05, 0) is 48.5 Å². The van der Waals surface area contributed by atoms with Crippen LogP contribution in [0, 0.1) is 0 Å². The van der Waals surface area contributed by atoms with Gasteiger partial charge in [0.25, 0.3) is 0 Å². The molecule has 1 saturated heterocycles. The van der Waals surface area contributed by atoms with Crippen LogP contribution in [0.5, 0.6) is 23.0 Å². The molecule has 0 amide bonds. The summed E-state index contributed by atoms with van der Waals surface area (Å²) in [5.41, 5.74) is 30.4. The van der Waals surface area contributed by atoms with Gasteiger partial charge in [-0.15, -0.1) is 0 Å². The van der Waals surface area contributed by atoms with Gasteiger partial charge in [0.2, 0.25) is 0 Å². The fourth-order valence-corrected chi connectivity index (χ4v) is 11.5. The summed E-state index contributed by atoms with van der Waals surface area (Å²) in [5.74, 6) is 3.39. The number of anilines is 8. The fourth-order valence-electron chi connectivity index (χ4n) is 11.5. The number of benzene rings is 4. The summed E-state index contributed by atoms with van der Waals surface area (Å²) in [4.78, 5) is 9.07. The number of aliphatic hydroxyl groups excluding tert-OH is 5. The molecule has 26 nitrogen and oxygen atoms in total. The van der Waals surface area contributed by atoms with Crippen LogP contribution < -0.4 is 61.5 Å². The summed E-state index contributed by atoms with van der Waals surface area (Å²) in [6.45, 7) is 25.3. The lowest BCUT2D eigenvalue weighted by atomic mass is 10.2. The number of rotatable bonds is 34. The SMILES string of the molecule is C[N+](C)(C)CCOCCN1CCOc2cc(N)ccc21.C[N+](CCO)(CCO)CCOCCN1CCOc2cc(N)ccc21.C[N+]1(CCOCCN2CCOc3cc(N)ccc32)CCOCC1.Nc1ccc2c(c1)OCCN2CCOCC[N+](CCO)(CCO)CCO. The van der Waals surface area contributed by atoms with Gasteiger partial charge in [-0.3, -0.25) is 0 Å². The van der Waals surface area contributed by atoms with Crippen LogP contribution in [0.15, 0.2) is 72.8 Å². The summed E-state index contributed by atoms with van der Waals surface area (Å²) in [7, 11) is 10.8. The molecule has 0 spiro atoms. The lowest BCUT2D eigenvalue weighted by Crippen LogP contribution is -2.55. The Morgan fingerprint density at radius 2 is 0.710 bits per heavy atom. The predicted octanol–water partition coefficient (Wildman–Crippen LogP) is 1.34. The van der Waals surface area contributed by atoms with Crippen molar-refractivity contribution in [2.24, 2.45) is 0 Å². The first kappa shape index (κ1) is 75.9. The summed E-state index contributed by atoms with van der Waals surface area (Å²) < 4.78 is 54.3. The lowest BCUT2D eigenvalue weighted by molar-refractivity contribution is -0.929. The molecule has 0 unspecified atom stereocenters. The maximum atomic E-state index is 9.29. The molecule has 0 aromatic heterocycles. The van der Waals surface area contributed by atoms with Crippen LogP contribution in [0.4, 0.5) is 45.5 Å². The molecular formula is C67H116N12O14+4. The standard InChI is InChI=1S/C18H32N3O5.C17H30N3O4.C17H28N3O3.C15H26N3O2/c19-16-1-2-17-18(15-16)26-13-4-20(17)3-12-25-14-8-21(5-9-22,6-10-23)7-11-24;1-20(6-9-21,7-10-22)8-13-23-11-4-19-5-12-24-17-14-15(18)2-3-16(17)19;1-20(7-12-22-13-8-20)6-11-21-9-4-19-5-10-23-17-14-15(18)2-3-16(17)19;1-18(2,3)8-11-19-9-6-17-7-10-20-15-12-13(16)4-5-14(15)17/h1-2,15,22-24H,3-14,19H2;2-3,14,21-22H,4-13,18H2,1H3;2-3,14H,4-13,18H2,1H3;4-5,12H,6-11,16H2,1-3H3/q4*+1. The molecule has 0 saturated carbocycles. The maximum absolute atomic E-state index is 9.29. The van der Waals surface area contributed by atoms with Crippen molar-refractivity contribution in [2.45, 2.75) is 0 Å². The van der Waals surface area contributed by atoms with Gasteiger partial charge in [0, 0.05) is 73.2 Å². The number of nitrogen functional groups attached to an aromatic ring is 4. The van der Waals surface area contributed by atoms with Gasteiger partial charge < -0.3 is 129 Å². The molecular weight excluding hydrogens is 1200 g/mol. The second-order valence-electron chi connectivity index (χ2n) is 25.8. The molecule has 13 N–H and O–H groups in total. The van der Waals surface area contributed by atoms with Gasteiger partial charge in [-0.2, -0.15) is 0 Å². The maximum Gasteiger partial charge on any atom is 0.144 e. The Bertz CT molecular complexity index is 2720. The zero-order chi connectivity index (χ0) is 67.0. The Balaban J connectivity index is 0.000000197. The molecule has 1 fully saturated rings. The van der Waals surface area contributed by atoms with Crippen LogP contribution in [-0.2, 0) is 23.7 Å². The van der Waals surface area contributed by atoms with Gasteiger partial charge >= 0.3 is 0 Å². The third-order valence-electron chi connectivity index (χ3n) is 17.5. The predicted molar refractivity (Wildman–Crippen MR) is 368 cm³/mol. The van der Waals surface area contributed by atoms with E-state index in [1.165, 1.54) is 0 Å². The molecule has 5 aliphatic heterocycles. The van der Waals surface area contributed by atoms with Crippen LogP contribution in [0.1, 0.15) is 0 Å². The first-order valence-corrected chi connectivity index (χ1v) is 33.2. The van der Waals surface area contributed by atoms with E-state index in [2.05, 4.69) is 47.8 Å². The van der Waals surface area contributed by atoms with Gasteiger partial charge in [-0.1, -0.05) is 0 Å². The van der Waals surface area contributed by atoms with E-state index >= 15 is 0 Å². The van der Waals surface area contributed by atoms with Crippen LogP contribution >= 0.6 is 0 Å². The van der Waals surface area contributed by atoms with Gasteiger partial charge in [0.15, 0.2) is 0 Å². The Morgan fingerprint density at radius 3 is 1.03 bits per heavy atom. The first-order chi connectivity index (χ1) is 44.8. The minimum atomic E-state index is 0.0215. The molecule has 524 valence electrons. The van der Waals surface area contributed by atoms with E-state index in [0.717, 1.165) is 191 Å². The van der Waals surface area contributed by atoms with E-state index < -0.39 is 0 Å². The zero-order valence-corrected chi connectivity index (χ0v) is 56.6. The van der Waals surface area contributed by atoms with E-state index in [9.17, 15) is 15.3 Å². The Labute approximate surface area is 553 Å². The number of hydrogen-bond acceptors (Lipinski definition) is 22. The monoisotopic (exact) mass is 1310 g/mol. The summed E-state index contributed by atoms with van der Waals surface area (Å²) in [6.07, 6.45) is 0. The van der Waals surface area contributed by atoms with E-state index in [4.69, 9.17) is 75.8 Å². The van der Waals surface area contributed by atoms with Gasteiger partial charge in [0.05, 0.1) is 183 Å². The molecule has 0 radical (unpaired) electrons. The zero-order valence-electron chi connectivity index (χ0n) is 56.6. The third-order valence-corrected chi connectivity index (χ3v) is 17.5. The topological polar surface area (TPSA) is 301 Å². The number of quaternary nitrogens is 4. The Kier molecular flexibility index (Phi) is 32.4.